The van der Waals surface area contributed by atoms with Gasteiger partial charge in [-0.15, -0.1) is 0 Å². The maximum atomic E-state index is 12.2. The fourth-order valence-electron chi connectivity index (χ4n) is 3.44. The van der Waals surface area contributed by atoms with E-state index in [0.29, 0.717) is 19.6 Å². The molecule has 0 spiro atoms. The zero-order valence-electron chi connectivity index (χ0n) is 19.4. The Kier molecular flexibility index (Phi) is 10.9. The quantitative estimate of drug-likeness (QED) is 0.317. The fourth-order valence-corrected chi connectivity index (χ4v) is 3.44. The Bertz CT molecular complexity index is 790. The van der Waals surface area contributed by atoms with Crippen LogP contribution in [0, 0.1) is 0 Å². The third-order valence-corrected chi connectivity index (χ3v) is 5.07. The number of carbonyl (C=O) groups excluding carboxylic acids is 1. The summed E-state index contributed by atoms with van der Waals surface area (Å²) in [6.45, 7) is 3.10. The Morgan fingerprint density at radius 3 is 2.58 bits per heavy atom. The Balaban J connectivity index is 1.95. The molecular formula is C26H37NO4. The molecule has 0 aliphatic carbocycles. The van der Waals surface area contributed by atoms with E-state index in [9.17, 15) is 4.79 Å². The minimum absolute atomic E-state index is 0.143. The molecule has 5 heteroatoms. The van der Waals surface area contributed by atoms with Crippen molar-refractivity contribution in [1.82, 2.24) is 4.90 Å². The average Bonchev–Trinajstić information content (AvgIpc) is 2.76. The van der Waals surface area contributed by atoms with Crippen LogP contribution in [0.1, 0.15) is 43.7 Å². The maximum Gasteiger partial charge on any atom is 0.306 e. The predicted molar refractivity (Wildman–Crippen MR) is 125 cm³/mol. The largest absolute Gasteiger partial charge is 0.497 e. The van der Waals surface area contributed by atoms with E-state index in [1.807, 2.05) is 49.3 Å². The topological polar surface area (TPSA) is 48.0 Å². The first-order valence-corrected chi connectivity index (χ1v) is 11.2. The Labute approximate surface area is 187 Å². The number of ether oxygens (including phenoxy) is 3. The predicted octanol–water partition coefficient (Wildman–Crippen LogP) is 4.91. The number of unbranched alkanes of at least 4 members (excludes halogenated alkanes) is 2. The van der Waals surface area contributed by atoms with Gasteiger partial charge in [-0.05, 0) is 62.7 Å². The Morgan fingerprint density at radius 1 is 1.03 bits per heavy atom. The number of likely N-dealkylation sites (N-methyl/N-ethyl adjacent to an activating group) is 1. The van der Waals surface area contributed by atoms with Crippen molar-refractivity contribution >= 4 is 5.97 Å². The monoisotopic (exact) mass is 427 g/mol. The molecular weight excluding hydrogens is 390 g/mol. The van der Waals surface area contributed by atoms with Crippen LogP contribution in [0.5, 0.6) is 11.5 Å². The van der Waals surface area contributed by atoms with E-state index in [0.717, 1.165) is 49.2 Å². The number of benzene rings is 2. The molecule has 0 bridgehead atoms. The summed E-state index contributed by atoms with van der Waals surface area (Å²) in [4.78, 5) is 14.2. The highest BCUT2D eigenvalue weighted by Crippen LogP contribution is 2.22. The van der Waals surface area contributed by atoms with E-state index < -0.39 is 0 Å². The van der Waals surface area contributed by atoms with Crippen molar-refractivity contribution in [3.63, 3.8) is 0 Å². The lowest BCUT2D eigenvalue weighted by atomic mass is 10.0. The molecule has 1 unspecified atom stereocenters. The third-order valence-electron chi connectivity index (χ3n) is 5.07. The second-order valence-electron chi connectivity index (χ2n) is 8.10. The number of rotatable bonds is 14. The van der Waals surface area contributed by atoms with Gasteiger partial charge in [0.2, 0.25) is 0 Å². The van der Waals surface area contributed by atoms with Gasteiger partial charge in [0, 0.05) is 13.0 Å². The van der Waals surface area contributed by atoms with E-state index in [-0.39, 0.29) is 12.1 Å². The summed E-state index contributed by atoms with van der Waals surface area (Å²) in [5, 5.41) is 0. The number of hydrogen-bond acceptors (Lipinski definition) is 5. The number of methoxy groups -OCH3 is 1. The molecule has 2 rings (SSSR count). The van der Waals surface area contributed by atoms with Gasteiger partial charge in [0.05, 0.1) is 7.11 Å². The van der Waals surface area contributed by atoms with Crippen molar-refractivity contribution in [2.75, 3.05) is 34.4 Å². The van der Waals surface area contributed by atoms with Gasteiger partial charge in [0.25, 0.3) is 0 Å². The molecule has 0 saturated heterocycles. The molecule has 0 aliphatic rings. The molecule has 1 atom stereocenters. The zero-order chi connectivity index (χ0) is 22.5. The normalized spacial score (nSPS) is 11.9. The molecule has 0 radical (unpaired) electrons. The van der Waals surface area contributed by atoms with Gasteiger partial charge in [0.15, 0.2) is 0 Å². The first kappa shape index (κ1) is 24.7. The van der Waals surface area contributed by atoms with Gasteiger partial charge in [-0.2, -0.15) is 0 Å². The number of aryl methyl sites for hydroxylation is 2. The molecule has 0 aromatic heterocycles. The van der Waals surface area contributed by atoms with Crippen molar-refractivity contribution in [1.29, 1.82) is 0 Å². The van der Waals surface area contributed by atoms with Crippen LogP contribution in [0.4, 0.5) is 0 Å². The summed E-state index contributed by atoms with van der Waals surface area (Å²) < 4.78 is 17.2. The molecule has 170 valence electrons. The number of hydrogen-bond donors (Lipinski definition) is 0. The van der Waals surface area contributed by atoms with Crippen molar-refractivity contribution in [3.8, 4) is 11.5 Å². The number of carbonyl (C=O) groups is 1. The van der Waals surface area contributed by atoms with E-state index in [2.05, 4.69) is 25.1 Å². The molecule has 0 N–H and O–H groups in total. The lowest BCUT2D eigenvalue weighted by molar-refractivity contribution is -0.151. The van der Waals surface area contributed by atoms with Crippen LogP contribution in [0.25, 0.3) is 0 Å². The van der Waals surface area contributed by atoms with Crippen molar-refractivity contribution in [2.24, 2.45) is 0 Å². The first-order valence-electron chi connectivity index (χ1n) is 11.2. The highest BCUT2D eigenvalue weighted by Gasteiger charge is 2.17. The molecule has 31 heavy (non-hydrogen) atoms. The number of nitrogens with zero attached hydrogens (tertiary/aromatic N) is 1. The maximum absolute atomic E-state index is 12.2. The van der Waals surface area contributed by atoms with Gasteiger partial charge in [-0.1, -0.05) is 50.1 Å². The summed E-state index contributed by atoms with van der Waals surface area (Å²) in [6.07, 6.45) is 4.93. The average molecular weight is 428 g/mol. The molecule has 2 aromatic carbocycles. The van der Waals surface area contributed by atoms with E-state index >= 15 is 0 Å². The first-order chi connectivity index (χ1) is 15.0. The van der Waals surface area contributed by atoms with E-state index in [1.54, 1.807) is 7.11 Å². The summed E-state index contributed by atoms with van der Waals surface area (Å²) in [7, 11) is 5.63. The number of esters is 1. The van der Waals surface area contributed by atoms with Crippen LogP contribution in [0.15, 0.2) is 48.5 Å². The highest BCUT2D eigenvalue weighted by molar-refractivity contribution is 5.69. The second-order valence-corrected chi connectivity index (χ2v) is 8.10. The van der Waals surface area contributed by atoms with E-state index in [1.165, 1.54) is 5.56 Å². The minimum Gasteiger partial charge on any atom is -0.497 e. The Morgan fingerprint density at radius 2 is 1.84 bits per heavy atom. The Hall–Kier alpha value is -2.53. The van der Waals surface area contributed by atoms with Crippen LogP contribution < -0.4 is 9.47 Å². The van der Waals surface area contributed by atoms with E-state index in [4.69, 9.17) is 14.2 Å². The van der Waals surface area contributed by atoms with Crippen molar-refractivity contribution in [3.05, 3.63) is 59.7 Å². The van der Waals surface area contributed by atoms with Gasteiger partial charge in [-0.3, -0.25) is 4.79 Å². The molecule has 0 aliphatic heterocycles. The van der Waals surface area contributed by atoms with Crippen molar-refractivity contribution in [2.45, 2.75) is 51.6 Å². The minimum atomic E-state index is -0.296. The summed E-state index contributed by atoms with van der Waals surface area (Å²) in [5.74, 6) is 1.57. The van der Waals surface area contributed by atoms with Crippen LogP contribution in [-0.4, -0.2) is 51.3 Å². The van der Waals surface area contributed by atoms with Crippen LogP contribution in [0.2, 0.25) is 0 Å². The highest BCUT2D eigenvalue weighted by atomic mass is 16.6. The van der Waals surface area contributed by atoms with Crippen LogP contribution in [-0.2, 0) is 22.4 Å². The molecule has 0 amide bonds. The van der Waals surface area contributed by atoms with Crippen LogP contribution in [0.3, 0.4) is 0 Å². The standard InChI is InChI=1S/C26H37NO4/c1-5-6-7-15-26(28)31-24(19-27(2)3)20-30-25-14-9-8-12-22(25)17-16-21-11-10-13-23(18-21)29-4/h8-14,18,24H,5-7,15-17,19-20H2,1-4H3. The lowest BCUT2D eigenvalue weighted by Crippen LogP contribution is -2.35. The molecule has 2 aromatic rings. The van der Waals surface area contributed by atoms with Gasteiger partial charge < -0.3 is 19.1 Å². The molecule has 0 saturated carbocycles. The smallest absolute Gasteiger partial charge is 0.306 e. The fraction of sp³-hybridized carbons (Fsp3) is 0.500. The SMILES string of the molecule is CCCCCC(=O)OC(COc1ccccc1CCc1cccc(OC)c1)CN(C)C. The van der Waals surface area contributed by atoms with Crippen LogP contribution >= 0.6 is 0 Å². The lowest BCUT2D eigenvalue weighted by Gasteiger charge is -2.22. The third kappa shape index (κ3) is 9.43. The zero-order valence-corrected chi connectivity index (χ0v) is 19.4. The van der Waals surface area contributed by atoms with Gasteiger partial charge >= 0.3 is 5.97 Å². The van der Waals surface area contributed by atoms with Gasteiger partial charge in [0.1, 0.15) is 24.2 Å². The molecule has 0 fully saturated rings. The van der Waals surface area contributed by atoms with Crippen molar-refractivity contribution < 1.29 is 19.0 Å². The number of para-hydroxylation sites is 1. The summed E-state index contributed by atoms with van der Waals surface area (Å²) in [5.41, 5.74) is 2.36. The second kappa shape index (κ2) is 13.7. The summed E-state index contributed by atoms with van der Waals surface area (Å²) >= 11 is 0. The molecule has 5 nitrogen and oxygen atoms in total. The van der Waals surface area contributed by atoms with Gasteiger partial charge in [-0.25, -0.2) is 0 Å². The summed E-state index contributed by atoms with van der Waals surface area (Å²) in [6, 6.07) is 16.2. The molecule has 0 heterocycles.